The van der Waals surface area contributed by atoms with Crippen molar-refractivity contribution >= 4 is 11.9 Å². The smallest absolute Gasteiger partial charge is 0.324 e. The normalized spacial score (nSPS) is 22.6. The number of likely N-dealkylation sites (tertiary alicyclic amines) is 1. The van der Waals surface area contributed by atoms with E-state index in [9.17, 15) is 9.18 Å². The molecule has 3 atom stereocenters. The van der Waals surface area contributed by atoms with Gasteiger partial charge in [-0.05, 0) is 74.5 Å². The highest BCUT2D eigenvalue weighted by molar-refractivity contribution is 5.77. The summed E-state index contributed by atoms with van der Waals surface area (Å²) in [5, 5.41) is 4.19. The lowest BCUT2D eigenvalue weighted by molar-refractivity contribution is -0.122. The number of halogens is 1. The highest BCUT2D eigenvalue weighted by Gasteiger charge is 2.37. The minimum absolute atomic E-state index is 0.0527. The van der Waals surface area contributed by atoms with Crippen LogP contribution in [-0.4, -0.2) is 58.7 Å². The van der Waals surface area contributed by atoms with Crippen LogP contribution in [0.2, 0.25) is 0 Å². The molecule has 1 aromatic carbocycles. The molecule has 2 aromatic heterocycles. The van der Waals surface area contributed by atoms with E-state index in [1.807, 2.05) is 24.3 Å². The van der Waals surface area contributed by atoms with Crippen molar-refractivity contribution in [2.45, 2.75) is 38.3 Å². The van der Waals surface area contributed by atoms with Crippen LogP contribution in [0.1, 0.15) is 31.4 Å². The van der Waals surface area contributed by atoms with Gasteiger partial charge in [0.1, 0.15) is 11.6 Å². The largest absolute Gasteiger partial charge is 0.497 e. The molecule has 0 spiro atoms. The molecule has 1 amide bonds. The van der Waals surface area contributed by atoms with Gasteiger partial charge in [-0.2, -0.15) is 4.98 Å². The average Bonchev–Trinajstić information content (AvgIpc) is 3.55. The maximum Gasteiger partial charge on any atom is 0.324 e. The second kappa shape index (κ2) is 10.6. The number of aromatic nitrogens is 3. The van der Waals surface area contributed by atoms with E-state index in [1.165, 1.54) is 6.07 Å². The molecule has 10 heteroatoms. The molecule has 2 aliphatic heterocycles. The van der Waals surface area contributed by atoms with Crippen LogP contribution < -0.4 is 15.4 Å². The minimum atomic E-state index is -0.271. The van der Waals surface area contributed by atoms with E-state index >= 15 is 0 Å². The van der Waals surface area contributed by atoms with Crippen LogP contribution in [0, 0.1) is 17.7 Å². The second-order valence-electron chi connectivity index (χ2n) is 9.66. The summed E-state index contributed by atoms with van der Waals surface area (Å²) in [7, 11) is 1.62. The molecule has 190 valence electrons. The summed E-state index contributed by atoms with van der Waals surface area (Å²) in [4.78, 5) is 25.2. The van der Waals surface area contributed by atoms with Crippen LogP contribution in [0.4, 0.5) is 10.4 Å². The number of amides is 1. The third kappa shape index (κ3) is 5.33. The fourth-order valence-electron chi connectivity index (χ4n) is 5.35. The molecule has 0 aliphatic carbocycles. The number of anilines is 1. The molecule has 3 aromatic rings. The first-order chi connectivity index (χ1) is 17.5. The van der Waals surface area contributed by atoms with Gasteiger partial charge in [-0.15, -0.1) is 0 Å². The predicted octanol–water partition coefficient (Wildman–Crippen LogP) is 3.26. The quantitative estimate of drug-likeness (QED) is 0.508. The molecule has 3 unspecified atom stereocenters. The van der Waals surface area contributed by atoms with Crippen LogP contribution in [0.25, 0.3) is 11.4 Å². The molecule has 9 nitrogen and oxygen atoms in total. The Kier molecular flexibility index (Phi) is 7.13. The van der Waals surface area contributed by atoms with Crippen LogP contribution in [0.3, 0.4) is 0 Å². The number of pyridine rings is 1. The third-order valence-corrected chi connectivity index (χ3v) is 7.31. The minimum Gasteiger partial charge on any atom is -0.497 e. The lowest BCUT2D eigenvalue weighted by atomic mass is 9.85. The lowest BCUT2D eigenvalue weighted by Crippen LogP contribution is -2.47. The van der Waals surface area contributed by atoms with E-state index in [1.54, 1.807) is 19.4 Å². The number of nitrogens with two attached hydrogens (primary N) is 1. The predicted molar refractivity (Wildman–Crippen MR) is 132 cm³/mol. The van der Waals surface area contributed by atoms with Crippen molar-refractivity contribution in [2.75, 3.05) is 31.6 Å². The summed E-state index contributed by atoms with van der Waals surface area (Å²) in [6.07, 6.45) is 4.80. The van der Waals surface area contributed by atoms with Crippen molar-refractivity contribution in [1.29, 1.82) is 0 Å². The van der Waals surface area contributed by atoms with Gasteiger partial charge in [0.25, 0.3) is 0 Å². The number of benzene rings is 1. The second-order valence-corrected chi connectivity index (χ2v) is 9.66. The number of carbonyl (C=O) groups excluding carboxylic acids is 1. The van der Waals surface area contributed by atoms with E-state index in [0.717, 1.165) is 37.2 Å². The summed E-state index contributed by atoms with van der Waals surface area (Å²) < 4.78 is 25.0. The van der Waals surface area contributed by atoms with Crippen molar-refractivity contribution in [1.82, 2.24) is 20.0 Å². The number of piperidine rings is 1. The molecule has 4 heterocycles. The fraction of sp³-hybridized carbons (Fsp3) is 0.462. The van der Waals surface area contributed by atoms with Gasteiger partial charge in [0.2, 0.25) is 11.7 Å². The number of hydrogen-bond acceptors (Lipinski definition) is 8. The Bertz CT molecular complexity index is 1190. The number of carbonyl (C=O) groups is 1. The van der Waals surface area contributed by atoms with Gasteiger partial charge in [-0.3, -0.25) is 14.7 Å². The van der Waals surface area contributed by atoms with Gasteiger partial charge >= 0.3 is 6.01 Å². The SMILES string of the molecule is COc1ccc(-c2noc(N3CCC(C(N)=O)CC3CC3CCN(Cc4ncccc4F)C3)n2)cc1. The zero-order chi connectivity index (χ0) is 25.1. The highest BCUT2D eigenvalue weighted by Crippen LogP contribution is 2.34. The lowest BCUT2D eigenvalue weighted by Gasteiger charge is -2.38. The number of methoxy groups -OCH3 is 1. The number of rotatable bonds is 8. The Labute approximate surface area is 209 Å². The first kappa shape index (κ1) is 24.2. The summed E-state index contributed by atoms with van der Waals surface area (Å²) >= 11 is 0. The zero-order valence-electron chi connectivity index (χ0n) is 20.3. The molecular weight excluding hydrogens is 463 g/mol. The molecule has 0 saturated carbocycles. The molecular formula is C26H31FN6O3. The van der Waals surface area contributed by atoms with Gasteiger partial charge in [-0.1, -0.05) is 5.16 Å². The van der Waals surface area contributed by atoms with Crippen molar-refractivity contribution in [2.24, 2.45) is 17.6 Å². The van der Waals surface area contributed by atoms with E-state index < -0.39 is 0 Å². The highest BCUT2D eigenvalue weighted by atomic mass is 19.1. The Morgan fingerprint density at radius 2 is 2.06 bits per heavy atom. The summed E-state index contributed by atoms with van der Waals surface area (Å²) in [5.74, 6) is 0.964. The van der Waals surface area contributed by atoms with Gasteiger partial charge in [0, 0.05) is 43.4 Å². The van der Waals surface area contributed by atoms with Gasteiger partial charge in [0.05, 0.1) is 12.8 Å². The van der Waals surface area contributed by atoms with E-state index in [0.29, 0.717) is 49.4 Å². The topological polar surface area (TPSA) is 111 Å². The fourth-order valence-corrected chi connectivity index (χ4v) is 5.35. The van der Waals surface area contributed by atoms with E-state index in [-0.39, 0.29) is 23.7 Å². The number of primary amides is 1. The molecule has 2 fully saturated rings. The van der Waals surface area contributed by atoms with Crippen LogP contribution in [-0.2, 0) is 11.3 Å². The Morgan fingerprint density at radius 1 is 1.22 bits per heavy atom. The standard InChI is InChI=1S/C26H31FN6O3/c1-35-21-6-4-18(5-7-21)25-30-26(36-31-25)33-12-9-19(24(28)34)14-20(33)13-17-8-11-32(15-17)16-23-22(27)3-2-10-29-23/h2-7,10,17,19-20H,8-9,11-16H2,1H3,(H2,28,34). The van der Waals surface area contributed by atoms with Crippen LogP contribution in [0.5, 0.6) is 5.75 Å². The molecule has 0 bridgehead atoms. The van der Waals surface area contributed by atoms with Crippen LogP contribution in [0.15, 0.2) is 47.1 Å². The summed E-state index contributed by atoms with van der Waals surface area (Å²) in [6, 6.07) is 11.1. The monoisotopic (exact) mass is 494 g/mol. The van der Waals surface area contributed by atoms with Crippen molar-refractivity contribution < 1.29 is 18.4 Å². The van der Waals surface area contributed by atoms with Gasteiger partial charge in [-0.25, -0.2) is 4.39 Å². The first-order valence-electron chi connectivity index (χ1n) is 12.4. The maximum absolute atomic E-state index is 14.1. The number of nitrogens with zero attached hydrogens (tertiary/aromatic N) is 5. The van der Waals surface area contributed by atoms with Crippen molar-refractivity contribution in [3.05, 3.63) is 54.1 Å². The van der Waals surface area contributed by atoms with Crippen molar-refractivity contribution in [3.8, 4) is 17.1 Å². The number of hydrogen-bond donors (Lipinski definition) is 1. The molecule has 5 rings (SSSR count). The maximum atomic E-state index is 14.1. The molecule has 2 N–H and O–H groups in total. The van der Waals surface area contributed by atoms with E-state index in [4.69, 9.17) is 15.0 Å². The van der Waals surface area contributed by atoms with Crippen LogP contribution >= 0.6 is 0 Å². The number of ether oxygens (including phenoxy) is 1. The first-order valence-corrected chi connectivity index (χ1v) is 12.4. The van der Waals surface area contributed by atoms with Gasteiger partial charge in [0.15, 0.2) is 0 Å². The summed E-state index contributed by atoms with van der Waals surface area (Å²) in [5.41, 5.74) is 6.99. The molecule has 2 aliphatic rings. The zero-order valence-corrected chi connectivity index (χ0v) is 20.3. The van der Waals surface area contributed by atoms with Crippen molar-refractivity contribution in [3.63, 3.8) is 0 Å². The van der Waals surface area contributed by atoms with Gasteiger partial charge < -0.3 is 19.9 Å². The summed E-state index contributed by atoms with van der Waals surface area (Å²) in [6.45, 7) is 2.85. The molecule has 36 heavy (non-hydrogen) atoms. The average molecular weight is 495 g/mol. The third-order valence-electron chi connectivity index (χ3n) is 7.31. The molecule has 2 saturated heterocycles. The Hall–Kier alpha value is -3.53. The molecule has 0 radical (unpaired) electrons. The Balaban J connectivity index is 1.28. The Morgan fingerprint density at radius 3 is 2.81 bits per heavy atom. The van der Waals surface area contributed by atoms with E-state index in [2.05, 4.69) is 24.9 Å².